The molecular weight excluding hydrogens is 122 g/mol. The zero-order valence-corrected chi connectivity index (χ0v) is 5.80. The summed E-state index contributed by atoms with van der Waals surface area (Å²) in [6.45, 7) is 3.60. The molecule has 0 radical (unpaired) electrons. The van der Waals surface area contributed by atoms with Gasteiger partial charge in [-0.25, -0.2) is 0 Å². The van der Waals surface area contributed by atoms with E-state index in [0.717, 1.165) is 13.1 Å². The predicted octanol–water partition coefficient (Wildman–Crippen LogP) is -0.0613. The van der Waals surface area contributed by atoms with Crippen LogP contribution < -0.4 is 0 Å². The second-order valence-electron chi connectivity index (χ2n) is 2.24. The van der Waals surface area contributed by atoms with Crippen molar-refractivity contribution < 1.29 is 5.11 Å². The fourth-order valence-electron chi connectivity index (χ4n) is 0.793. The van der Waals surface area contributed by atoms with E-state index in [1.165, 1.54) is 0 Å². The van der Waals surface area contributed by atoms with E-state index in [9.17, 15) is 0 Å². The fourth-order valence-corrected chi connectivity index (χ4v) is 0.982. The molecule has 1 aliphatic rings. The van der Waals surface area contributed by atoms with Crippen molar-refractivity contribution in [2.45, 2.75) is 18.4 Å². The van der Waals surface area contributed by atoms with E-state index in [-0.39, 0.29) is 6.10 Å². The summed E-state index contributed by atoms with van der Waals surface area (Å²) in [6, 6.07) is 0. The van der Waals surface area contributed by atoms with Gasteiger partial charge in [-0.3, -0.25) is 4.90 Å². The van der Waals surface area contributed by atoms with Crippen molar-refractivity contribution in [2.24, 2.45) is 0 Å². The minimum atomic E-state index is -0.0930. The normalized spacial score (nSPS) is 27.4. The average molecular weight is 133 g/mol. The van der Waals surface area contributed by atoms with Gasteiger partial charge in [0.05, 0.1) is 11.5 Å². The van der Waals surface area contributed by atoms with Crippen molar-refractivity contribution in [3.05, 3.63) is 0 Å². The third-order valence-corrected chi connectivity index (χ3v) is 1.75. The van der Waals surface area contributed by atoms with Crippen LogP contribution in [-0.4, -0.2) is 34.6 Å². The highest BCUT2D eigenvalue weighted by atomic mass is 32.1. The minimum Gasteiger partial charge on any atom is -0.390 e. The van der Waals surface area contributed by atoms with Crippen LogP contribution in [0.1, 0.15) is 6.92 Å². The molecule has 1 atom stereocenters. The number of aliphatic hydroxyl groups excluding tert-OH is 1. The Bertz CT molecular complexity index is 80.5. The Kier molecular flexibility index (Phi) is 1.80. The van der Waals surface area contributed by atoms with Gasteiger partial charge in [-0.05, 0) is 6.92 Å². The van der Waals surface area contributed by atoms with E-state index in [1.54, 1.807) is 0 Å². The summed E-state index contributed by atoms with van der Waals surface area (Å²) in [7, 11) is 0. The third-order valence-electron chi connectivity index (χ3n) is 1.42. The van der Waals surface area contributed by atoms with Crippen LogP contribution >= 0.6 is 12.6 Å². The lowest BCUT2D eigenvalue weighted by Gasteiger charge is -2.38. The van der Waals surface area contributed by atoms with Crippen molar-refractivity contribution in [1.29, 1.82) is 0 Å². The number of nitrogens with zero attached hydrogens (tertiary/aromatic N) is 1. The molecule has 8 heavy (non-hydrogen) atoms. The van der Waals surface area contributed by atoms with Crippen molar-refractivity contribution in [3.63, 3.8) is 0 Å². The summed E-state index contributed by atoms with van der Waals surface area (Å²) in [4.78, 5) is 2.10. The lowest BCUT2D eigenvalue weighted by Crippen LogP contribution is -2.52. The Hall–Kier alpha value is 0.270. The van der Waals surface area contributed by atoms with E-state index in [4.69, 9.17) is 5.11 Å². The molecule has 48 valence electrons. The molecular formula is C5H11NOS. The number of hydrogen-bond acceptors (Lipinski definition) is 3. The Balaban J connectivity index is 2.15. The van der Waals surface area contributed by atoms with Crippen LogP contribution in [0.3, 0.4) is 0 Å². The van der Waals surface area contributed by atoms with Crippen molar-refractivity contribution in [1.82, 2.24) is 4.90 Å². The first-order chi connectivity index (χ1) is 3.70. The molecule has 0 saturated carbocycles. The molecule has 0 aromatic rings. The summed E-state index contributed by atoms with van der Waals surface area (Å²) in [5.74, 6) is 0. The van der Waals surface area contributed by atoms with Gasteiger partial charge in [-0.2, -0.15) is 12.6 Å². The van der Waals surface area contributed by atoms with E-state index in [1.807, 2.05) is 6.92 Å². The molecule has 0 bridgehead atoms. The molecule has 0 amide bonds. The van der Waals surface area contributed by atoms with Gasteiger partial charge in [0.25, 0.3) is 0 Å². The van der Waals surface area contributed by atoms with Crippen LogP contribution in [0, 0.1) is 0 Å². The van der Waals surface area contributed by atoms with E-state index in [2.05, 4.69) is 17.5 Å². The van der Waals surface area contributed by atoms with Gasteiger partial charge in [0, 0.05) is 13.1 Å². The average Bonchev–Trinajstić information content (AvgIpc) is 1.57. The number of rotatable bonds is 1. The molecule has 0 spiro atoms. The Morgan fingerprint density at radius 2 is 2.25 bits per heavy atom. The number of likely N-dealkylation sites (tertiary alicyclic amines) is 1. The van der Waals surface area contributed by atoms with Crippen LogP contribution in [0.2, 0.25) is 0 Å². The fraction of sp³-hybridized carbons (Fsp3) is 1.00. The SMILES string of the molecule is CC(S)N1CC(O)C1. The van der Waals surface area contributed by atoms with Gasteiger partial charge in [0.2, 0.25) is 0 Å². The Labute approximate surface area is 54.9 Å². The summed E-state index contributed by atoms with van der Waals surface area (Å²) in [6.07, 6.45) is -0.0930. The highest BCUT2D eigenvalue weighted by Gasteiger charge is 2.26. The van der Waals surface area contributed by atoms with Gasteiger partial charge in [-0.1, -0.05) is 0 Å². The molecule has 0 aliphatic carbocycles. The quantitative estimate of drug-likeness (QED) is 0.489. The largest absolute Gasteiger partial charge is 0.390 e. The topological polar surface area (TPSA) is 23.5 Å². The lowest BCUT2D eigenvalue weighted by atomic mass is 10.2. The van der Waals surface area contributed by atoms with Crippen LogP contribution in [0.25, 0.3) is 0 Å². The van der Waals surface area contributed by atoms with Crippen molar-refractivity contribution in [2.75, 3.05) is 13.1 Å². The van der Waals surface area contributed by atoms with Gasteiger partial charge < -0.3 is 5.11 Å². The smallest absolute Gasteiger partial charge is 0.0794 e. The molecule has 1 aliphatic heterocycles. The maximum atomic E-state index is 8.79. The zero-order chi connectivity index (χ0) is 6.15. The van der Waals surface area contributed by atoms with Crippen molar-refractivity contribution >= 4 is 12.6 Å². The number of hydrogen-bond donors (Lipinski definition) is 2. The van der Waals surface area contributed by atoms with Gasteiger partial charge in [0.1, 0.15) is 0 Å². The van der Waals surface area contributed by atoms with Crippen LogP contribution in [0.5, 0.6) is 0 Å². The van der Waals surface area contributed by atoms with Crippen molar-refractivity contribution in [3.8, 4) is 0 Å². The van der Waals surface area contributed by atoms with E-state index >= 15 is 0 Å². The zero-order valence-electron chi connectivity index (χ0n) is 4.91. The summed E-state index contributed by atoms with van der Waals surface area (Å²) < 4.78 is 0. The monoisotopic (exact) mass is 133 g/mol. The summed E-state index contributed by atoms with van der Waals surface area (Å²) >= 11 is 4.18. The Morgan fingerprint density at radius 3 is 2.38 bits per heavy atom. The number of β-amino-alcohol motifs (C(OH)–C–C–N with tert-alkyl or cyclic N) is 1. The second kappa shape index (κ2) is 2.25. The molecule has 1 unspecified atom stereocenters. The molecule has 1 heterocycles. The van der Waals surface area contributed by atoms with E-state index < -0.39 is 0 Å². The van der Waals surface area contributed by atoms with Gasteiger partial charge in [0.15, 0.2) is 0 Å². The molecule has 2 nitrogen and oxygen atoms in total. The maximum absolute atomic E-state index is 8.79. The Morgan fingerprint density at radius 1 is 1.75 bits per heavy atom. The molecule has 1 rings (SSSR count). The molecule has 1 fully saturated rings. The highest BCUT2D eigenvalue weighted by Crippen LogP contribution is 2.13. The minimum absolute atomic E-state index is 0.0930. The highest BCUT2D eigenvalue weighted by molar-refractivity contribution is 7.80. The molecule has 3 heteroatoms. The molecule has 0 aromatic carbocycles. The van der Waals surface area contributed by atoms with Crippen LogP contribution in [0.4, 0.5) is 0 Å². The van der Waals surface area contributed by atoms with Gasteiger partial charge >= 0.3 is 0 Å². The summed E-state index contributed by atoms with van der Waals surface area (Å²) in [5.41, 5.74) is 0. The third kappa shape index (κ3) is 1.16. The molecule has 0 aromatic heterocycles. The van der Waals surface area contributed by atoms with Crippen LogP contribution in [0.15, 0.2) is 0 Å². The van der Waals surface area contributed by atoms with E-state index in [0.29, 0.717) is 5.37 Å². The maximum Gasteiger partial charge on any atom is 0.0794 e. The first-order valence-electron chi connectivity index (χ1n) is 2.80. The lowest BCUT2D eigenvalue weighted by molar-refractivity contribution is -0.00112. The first kappa shape index (κ1) is 6.39. The number of aliphatic hydroxyl groups is 1. The molecule has 1 saturated heterocycles. The standard InChI is InChI=1S/C5H11NOS/c1-4(8)6-2-5(7)3-6/h4-5,7-8H,2-3H2,1H3. The van der Waals surface area contributed by atoms with Crippen LogP contribution in [-0.2, 0) is 0 Å². The first-order valence-corrected chi connectivity index (χ1v) is 3.32. The molecule has 1 N–H and O–H groups in total. The number of thiol groups is 1. The summed E-state index contributed by atoms with van der Waals surface area (Å²) in [5, 5.41) is 9.10. The van der Waals surface area contributed by atoms with Gasteiger partial charge in [-0.15, -0.1) is 0 Å². The second-order valence-corrected chi connectivity index (χ2v) is 2.99. The predicted molar refractivity (Wildman–Crippen MR) is 36.0 cm³/mol.